The number of piperidine rings is 1. The van der Waals surface area contributed by atoms with Crippen molar-refractivity contribution in [1.29, 1.82) is 0 Å². The van der Waals surface area contributed by atoms with Crippen molar-refractivity contribution in [1.82, 2.24) is 19.3 Å². The SMILES string of the molecule is COC(=O)c1cc(N2CCC(N(C)N3CCN(S(=O)(=O)c4ccc5cc(Cl)ccc5c4)CC3=O)CC2)ccn1. The zero-order valence-corrected chi connectivity index (χ0v) is 23.4. The monoisotopic (exact) mass is 571 g/mol. The number of piperazine rings is 1. The van der Waals surface area contributed by atoms with Crippen LogP contribution in [0.5, 0.6) is 0 Å². The van der Waals surface area contributed by atoms with Crippen molar-refractivity contribution in [2.45, 2.75) is 23.8 Å². The van der Waals surface area contributed by atoms with Gasteiger partial charge in [0.05, 0.1) is 25.1 Å². The number of hydrazine groups is 1. The first kappa shape index (κ1) is 27.3. The van der Waals surface area contributed by atoms with Crippen LogP contribution in [0.15, 0.2) is 59.6 Å². The Morgan fingerprint density at radius 1 is 1.03 bits per heavy atom. The lowest BCUT2D eigenvalue weighted by atomic mass is 10.0. The van der Waals surface area contributed by atoms with Crippen LogP contribution in [-0.4, -0.2) is 92.5 Å². The smallest absolute Gasteiger partial charge is 0.356 e. The minimum Gasteiger partial charge on any atom is -0.464 e. The van der Waals surface area contributed by atoms with Gasteiger partial charge in [-0.05, 0) is 60.0 Å². The zero-order chi connectivity index (χ0) is 27.7. The Kier molecular flexibility index (Phi) is 7.77. The number of hydrogen-bond donors (Lipinski definition) is 0. The molecule has 0 spiro atoms. The lowest BCUT2D eigenvalue weighted by molar-refractivity contribution is -0.156. The summed E-state index contributed by atoms with van der Waals surface area (Å²) in [6.07, 6.45) is 3.21. The Morgan fingerprint density at radius 3 is 2.46 bits per heavy atom. The predicted octanol–water partition coefficient (Wildman–Crippen LogP) is 3.02. The second kappa shape index (κ2) is 11.1. The van der Waals surface area contributed by atoms with Crippen molar-refractivity contribution in [3.05, 3.63) is 65.4 Å². The van der Waals surface area contributed by atoms with E-state index in [1.165, 1.54) is 11.4 Å². The molecule has 0 aliphatic carbocycles. The number of pyridine rings is 1. The molecule has 2 aromatic carbocycles. The van der Waals surface area contributed by atoms with Crippen LogP contribution in [0.4, 0.5) is 5.69 Å². The normalized spacial score (nSPS) is 17.7. The summed E-state index contributed by atoms with van der Waals surface area (Å²) >= 11 is 6.05. The van der Waals surface area contributed by atoms with Crippen molar-refractivity contribution in [3.8, 4) is 0 Å². The van der Waals surface area contributed by atoms with E-state index in [2.05, 4.69) is 9.88 Å². The van der Waals surface area contributed by atoms with Gasteiger partial charge >= 0.3 is 5.97 Å². The van der Waals surface area contributed by atoms with Crippen molar-refractivity contribution in [3.63, 3.8) is 0 Å². The lowest BCUT2D eigenvalue weighted by Gasteiger charge is -2.45. The lowest BCUT2D eigenvalue weighted by Crippen LogP contribution is -2.60. The number of halogens is 1. The number of amides is 1. The van der Waals surface area contributed by atoms with Crippen molar-refractivity contribution >= 4 is 50.0 Å². The quantitative estimate of drug-likeness (QED) is 0.416. The summed E-state index contributed by atoms with van der Waals surface area (Å²) < 4.78 is 32.7. The molecule has 10 nitrogen and oxygen atoms in total. The molecule has 2 aliphatic rings. The molecule has 206 valence electrons. The molecule has 0 atom stereocenters. The number of hydrogen-bond acceptors (Lipinski definition) is 8. The van der Waals surface area contributed by atoms with E-state index in [9.17, 15) is 18.0 Å². The molecule has 1 aromatic heterocycles. The Bertz CT molecular complexity index is 1510. The number of carbonyl (C=O) groups excluding carboxylic acids is 2. The minimum atomic E-state index is -3.83. The first-order valence-corrected chi connectivity index (χ1v) is 14.5. The van der Waals surface area contributed by atoms with Gasteiger partial charge < -0.3 is 9.64 Å². The predicted molar refractivity (Wildman–Crippen MR) is 148 cm³/mol. The standard InChI is InChI=1S/C27H30ClN5O5S/c1-30(22-8-11-31(12-9-22)23-7-10-29-25(17-23)27(35)38-2)33-14-13-32(18-26(33)34)39(36,37)24-6-4-19-15-21(28)5-3-20(19)16-24/h3-7,10,15-17,22H,8-9,11-14,18H2,1-2H3. The highest BCUT2D eigenvalue weighted by Gasteiger charge is 2.36. The fourth-order valence-electron chi connectivity index (χ4n) is 5.21. The van der Waals surface area contributed by atoms with E-state index in [0.717, 1.165) is 42.4 Å². The first-order valence-electron chi connectivity index (χ1n) is 12.7. The third-order valence-corrected chi connectivity index (χ3v) is 9.53. The molecule has 0 bridgehead atoms. The van der Waals surface area contributed by atoms with E-state index < -0.39 is 16.0 Å². The molecule has 5 rings (SSSR count). The van der Waals surface area contributed by atoms with Crippen molar-refractivity contribution < 1.29 is 22.7 Å². The average Bonchev–Trinajstić information content (AvgIpc) is 2.96. The van der Waals surface area contributed by atoms with Gasteiger partial charge in [-0.1, -0.05) is 23.7 Å². The summed E-state index contributed by atoms with van der Waals surface area (Å²) in [4.78, 5) is 31.4. The molecule has 2 fully saturated rings. The molecule has 3 aromatic rings. The molecule has 2 saturated heterocycles. The van der Waals surface area contributed by atoms with Crippen LogP contribution in [-0.2, 0) is 19.6 Å². The number of methoxy groups -OCH3 is 1. The molecule has 3 heterocycles. The summed E-state index contributed by atoms with van der Waals surface area (Å²) in [6, 6.07) is 13.9. The molecule has 1 amide bonds. The van der Waals surface area contributed by atoms with Crippen LogP contribution in [0.3, 0.4) is 0 Å². The Hall–Kier alpha value is -3.25. The van der Waals surface area contributed by atoms with Gasteiger partial charge in [0.15, 0.2) is 0 Å². The number of carbonyl (C=O) groups is 2. The number of fused-ring (bicyclic) bond motifs is 1. The number of sulfonamides is 1. The fraction of sp³-hybridized carbons (Fsp3) is 0.370. The van der Waals surface area contributed by atoms with Crippen LogP contribution in [0.1, 0.15) is 23.3 Å². The van der Waals surface area contributed by atoms with Gasteiger partial charge in [0.1, 0.15) is 5.69 Å². The van der Waals surface area contributed by atoms with Gasteiger partial charge in [-0.2, -0.15) is 4.31 Å². The highest BCUT2D eigenvalue weighted by molar-refractivity contribution is 7.89. The van der Waals surface area contributed by atoms with E-state index in [4.69, 9.17) is 16.3 Å². The molecular weight excluding hydrogens is 542 g/mol. The largest absolute Gasteiger partial charge is 0.464 e. The average molecular weight is 572 g/mol. The van der Waals surface area contributed by atoms with E-state index in [-0.39, 0.29) is 42.2 Å². The Morgan fingerprint density at radius 2 is 1.74 bits per heavy atom. The highest BCUT2D eigenvalue weighted by Crippen LogP contribution is 2.27. The van der Waals surface area contributed by atoms with Crippen LogP contribution in [0.25, 0.3) is 10.8 Å². The molecule has 12 heteroatoms. The number of nitrogens with zero attached hydrogens (tertiary/aromatic N) is 5. The van der Waals surface area contributed by atoms with Crippen LogP contribution in [0.2, 0.25) is 5.02 Å². The summed E-state index contributed by atoms with van der Waals surface area (Å²) in [7, 11) is -0.615. The summed E-state index contributed by atoms with van der Waals surface area (Å²) in [6.45, 7) is 1.77. The van der Waals surface area contributed by atoms with Gasteiger partial charge in [-0.15, -0.1) is 0 Å². The maximum atomic E-state index is 13.4. The Balaban J connectivity index is 1.20. The zero-order valence-electron chi connectivity index (χ0n) is 21.8. The van der Waals surface area contributed by atoms with Crippen molar-refractivity contribution in [2.75, 3.05) is 51.8 Å². The van der Waals surface area contributed by atoms with Crippen LogP contribution in [0, 0.1) is 0 Å². The summed E-state index contributed by atoms with van der Waals surface area (Å²) in [5.74, 6) is -0.726. The Labute approximate surface area is 232 Å². The molecule has 39 heavy (non-hydrogen) atoms. The first-order chi connectivity index (χ1) is 18.7. The number of rotatable bonds is 6. The van der Waals surface area contributed by atoms with E-state index in [0.29, 0.717) is 5.02 Å². The second-order valence-corrected chi connectivity index (χ2v) is 12.1. The van der Waals surface area contributed by atoms with Crippen LogP contribution < -0.4 is 4.90 Å². The number of anilines is 1. The molecule has 0 unspecified atom stereocenters. The topological polar surface area (TPSA) is 103 Å². The van der Waals surface area contributed by atoms with Crippen molar-refractivity contribution in [2.24, 2.45) is 0 Å². The molecule has 0 saturated carbocycles. The molecule has 0 N–H and O–H groups in total. The van der Waals surface area contributed by atoms with E-state index in [1.807, 2.05) is 18.1 Å². The second-order valence-electron chi connectivity index (χ2n) is 9.69. The minimum absolute atomic E-state index is 0.127. The van der Waals surface area contributed by atoms with Gasteiger partial charge in [-0.25, -0.2) is 23.2 Å². The fourth-order valence-corrected chi connectivity index (χ4v) is 6.81. The maximum absolute atomic E-state index is 13.4. The van der Waals surface area contributed by atoms with Crippen LogP contribution >= 0.6 is 11.6 Å². The van der Waals surface area contributed by atoms with Gasteiger partial charge in [-0.3, -0.25) is 9.80 Å². The van der Waals surface area contributed by atoms with Gasteiger partial charge in [0.25, 0.3) is 5.91 Å². The number of ether oxygens (including phenoxy) is 1. The van der Waals surface area contributed by atoms with E-state index >= 15 is 0 Å². The third kappa shape index (κ3) is 5.58. The number of benzene rings is 2. The number of aromatic nitrogens is 1. The number of esters is 1. The molecular formula is C27H30ClN5O5S. The summed E-state index contributed by atoms with van der Waals surface area (Å²) in [5, 5.41) is 5.82. The highest BCUT2D eigenvalue weighted by atomic mass is 35.5. The molecule has 2 aliphatic heterocycles. The van der Waals surface area contributed by atoms with Gasteiger partial charge in [0, 0.05) is 49.6 Å². The van der Waals surface area contributed by atoms with Gasteiger partial charge in [0.2, 0.25) is 10.0 Å². The third-order valence-electron chi connectivity index (χ3n) is 7.45. The van der Waals surface area contributed by atoms with E-state index in [1.54, 1.807) is 53.7 Å². The summed E-state index contributed by atoms with van der Waals surface area (Å²) in [5.41, 5.74) is 1.17. The molecule has 0 radical (unpaired) electrons. The maximum Gasteiger partial charge on any atom is 0.356 e.